The summed E-state index contributed by atoms with van der Waals surface area (Å²) in [5.41, 5.74) is 0.921. The first-order valence-electron chi connectivity index (χ1n) is 7.28. The number of rotatable bonds is 6. The van der Waals surface area contributed by atoms with Crippen molar-refractivity contribution in [1.82, 2.24) is 15.3 Å². The number of hydrogen-bond donors (Lipinski definition) is 1. The van der Waals surface area contributed by atoms with Crippen LogP contribution in [0.25, 0.3) is 0 Å². The molecule has 2 heterocycles. The number of furan rings is 1. The minimum Gasteiger partial charge on any atom is -0.467 e. The number of aryl methyl sites for hydroxylation is 1. The Labute approximate surface area is 134 Å². The second kappa shape index (κ2) is 7.45. The van der Waals surface area contributed by atoms with Gasteiger partial charge in [0.2, 0.25) is 5.91 Å². The van der Waals surface area contributed by atoms with Gasteiger partial charge in [-0.2, -0.15) is 0 Å². The summed E-state index contributed by atoms with van der Waals surface area (Å²) in [6.07, 6.45) is 1.59. The van der Waals surface area contributed by atoms with Crippen molar-refractivity contribution in [2.24, 2.45) is 0 Å². The van der Waals surface area contributed by atoms with Crippen LogP contribution in [0.2, 0.25) is 0 Å². The second-order valence-corrected chi connectivity index (χ2v) is 6.78. The molecule has 0 fully saturated rings. The molecule has 22 heavy (non-hydrogen) atoms. The summed E-state index contributed by atoms with van der Waals surface area (Å²) in [7, 11) is 0. The minimum atomic E-state index is -0.232. The van der Waals surface area contributed by atoms with Gasteiger partial charge in [-0.25, -0.2) is 9.97 Å². The van der Waals surface area contributed by atoms with Gasteiger partial charge in [0.25, 0.3) is 0 Å². The predicted molar refractivity (Wildman–Crippen MR) is 86.7 cm³/mol. The maximum atomic E-state index is 12.1. The molecule has 118 valence electrons. The molecule has 5 nitrogen and oxygen atoms in total. The highest BCUT2D eigenvalue weighted by molar-refractivity contribution is 8.00. The SMILES string of the molecule is Cc1cc(S[C@H](C)C(=O)NCc2ccco2)nc(C(C)C)n1. The first-order chi connectivity index (χ1) is 10.5. The number of thioether (sulfide) groups is 1. The fraction of sp³-hybridized carbons (Fsp3) is 0.438. The van der Waals surface area contributed by atoms with E-state index in [0.29, 0.717) is 6.54 Å². The molecule has 1 amide bonds. The zero-order chi connectivity index (χ0) is 16.1. The molecule has 0 aromatic carbocycles. The fourth-order valence-electron chi connectivity index (χ4n) is 1.85. The van der Waals surface area contributed by atoms with E-state index in [2.05, 4.69) is 29.1 Å². The van der Waals surface area contributed by atoms with Crippen molar-refractivity contribution in [2.75, 3.05) is 0 Å². The molecule has 0 aliphatic carbocycles. The summed E-state index contributed by atoms with van der Waals surface area (Å²) < 4.78 is 5.20. The number of carbonyl (C=O) groups excluding carboxylic acids is 1. The zero-order valence-electron chi connectivity index (χ0n) is 13.3. The molecular formula is C16H21N3O2S. The normalized spacial score (nSPS) is 12.4. The van der Waals surface area contributed by atoms with E-state index in [1.165, 1.54) is 11.8 Å². The van der Waals surface area contributed by atoms with Gasteiger partial charge in [0.05, 0.1) is 18.1 Å². The molecule has 0 saturated heterocycles. The minimum absolute atomic E-state index is 0.0382. The first kappa shape index (κ1) is 16.5. The third-order valence-corrected chi connectivity index (χ3v) is 4.07. The van der Waals surface area contributed by atoms with Crippen LogP contribution < -0.4 is 5.32 Å². The summed E-state index contributed by atoms with van der Waals surface area (Å²) in [6, 6.07) is 5.55. The number of carbonyl (C=O) groups is 1. The Morgan fingerprint density at radius 3 is 2.77 bits per heavy atom. The second-order valence-electron chi connectivity index (χ2n) is 5.42. The van der Waals surface area contributed by atoms with Crippen molar-refractivity contribution in [3.63, 3.8) is 0 Å². The van der Waals surface area contributed by atoms with Crippen molar-refractivity contribution < 1.29 is 9.21 Å². The van der Waals surface area contributed by atoms with Gasteiger partial charge in [-0.05, 0) is 32.0 Å². The lowest BCUT2D eigenvalue weighted by atomic mass is 10.2. The molecule has 2 aromatic heterocycles. The smallest absolute Gasteiger partial charge is 0.233 e. The summed E-state index contributed by atoms with van der Waals surface area (Å²) in [5, 5.41) is 3.46. The fourth-order valence-corrected chi connectivity index (χ4v) is 2.78. The summed E-state index contributed by atoms with van der Waals surface area (Å²) in [5.74, 6) is 1.78. The van der Waals surface area contributed by atoms with Gasteiger partial charge in [-0.1, -0.05) is 25.6 Å². The van der Waals surface area contributed by atoms with E-state index < -0.39 is 0 Å². The highest BCUT2D eigenvalue weighted by Crippen LogP contribution is 2.23. The number of hydrogen-bond acceptors (Lipinski definition) is 5. The molecule has 2 rings (SSSR count). The van der Waals surface area contributed by atoms with E-state index >= 15 is 0 Å². The van der Waals surface area contributed by atoms with Crippen molar-refractivity contribution in [2.45, 2.75) is 50.4 Å². The average Bonchev–Trinajstić information content (AvgIpc) is 2.97. The van der Waals surface area contributed by atoms with Gasteiger partial charge in [0, 0.05) is 11.6 Å². The van der Waals surface area contributed by atoms with Crippen molar-refractivity contribution in [3.05, 3.63) is 41.7 Å². The molecule has 0 aliphatic rings. The zero-order valence-corrected chi connectivity index (χ0v) is 14.1. The van der Waals surface area contributed by atoms with Crippen molar-refractivity contribution in [3.8, 4) is 0 Å². The monoisotopic (exact) mass is 319 g/mol. The maximum Gasteiger partial charge on any atom is 0.233 e. The number of aromatic nitrogens is 2. The number of nitrogens with zero attached hydrogens (tertiary/aromatic N) is 2. The molecule has 6 heteroatoms. The van der Waals surface area contributed by atoms with Crippen LogP contribution in [-0.2, 0) is 11.3 Å². The quantitative estimate of drug-likeness (QED) is 0.653. The maximum absolute atomic E-state index is 12.1. The summed E-state index contributed by atoms with van der Waals surface area (Å²) >= 11 is 1.44. The van der Waals surface area contributed by atoms with E-state index in [9.17, 15) is 4.79 Å². The molecule has 0 bridgehead atoms. The molecule has 0 unspecified atom stereocenters. The van der Waals surface area contributed by atoms with Crippen molar-refractivity contribution in [1.29, 1.82) is 0 Å². The van der Waals surface area contributed by atoms with Crippen LogP contribution in [0.3, 0.4) is 0 Å². The van der Waals surface area contributed by atoms with Crippen LogP contribution in [0.15, 0.2) is 33.9 Å². The van der Waals surface area contributed by atoms with E-state index in [1.807, 2.05) is 26.0 Å². The van der Waals surface area contributed by atoms with Gasteiger partial charge in [0.15, 0.2) is 0 Å². The topological polar surface area (TPSA) is 68.0 Å². The Morgan fingerprint density at radius 1 is 1.36 bits per heavy atom. The van der Waals surface area contributed by atoms with E-state index in [1.54, 1.807) is 12.3 Å². The number of amides is 1. The van der Waals surface area contributed by atoms with Gasteiger partial charge in [-0.3, -0.25) is 4.79 Å². The summed E-state index contributed by atoms with van der Waals surface area (Å²) in [6.45, 7) is 8.33. The Morgan fingerprint density at radius 2 is 2.14 bits per heavy atom. The van der Waals surface area contributed by atoms with Gasteiger partial charge >= 0.3 is 0 Å². The summed E-state index contributed by atoms with van der Waals surface area (Å²) in [4.78, 5) is 21.1. The van der Waals surface area contributed by atoms with Crippen molar-refractivity contribution >= 4 is 17.7 Å². The van der Waals surface area contributed by atoms with E-state index in [4.69, 9.17) is 4.42 Å². The van der Waals surface area contributed by atoms with Crippen LogP contribution >= 0.6 is 11.8 Å². The van der Waals surface area contributed by atoms with E-state index in [-0.39, 0.29) is 17.1 Å². The van der Waals surface area contributed by atoms with Crippen LogP contribution in [0.4, 0.5) is 0 Å². The first-order valence-corrected chi connectivity index (χ1v) is 8.16. The standard InChI is InChI=1S/C16H21N3O2S/c1-10(2)15-18-11(3)8-14(19-15)22-12(4)16(20)17-9-13-6-5-7-21-13/h5-8,10,12H,9H2,1-4H3,(H,17,20)/t12-/m1/s1. The molecule has 0 radical (unpaired) electrons. The molecule has 0 aliphatic heterocycles. The average molecular weight is 319 g/mol. The third kappa shape index (κ3) is 4.59. The van der Waals surface area contributed by atoms with E-state index in [0.717, 1.165) is 22.3 Å². The predicted octanol–water partition coefficient (Wildman–Crippen LogP) is 3.30. The van der Waals surface area contributed by atoms with Gasteiger partial charge in [0.1, 0.15) is 16.6 Å². The van der Waals surface area contributed by atoms with Gasteiger partial charge < -0.3 is 9.73 Å². The van der Waals surface area contributed by atoms with Gasteiger partial charge in [-0.15, -0.1) is 0 Å². The Balaban J connectivity index is 1.95. The van der Waals surface area contributed by atoms with Crippen LogP contribution in [0, 0.1) is 6.92 Å². The Bertz CT molecular complexity index is 626. The highest BCUT2D eigenvalue weighted by atomic mass is 32.2. The lowest BCUT2D eigenvalue weighted by Crippen LogP contribution is -2.30. The molecule has 0 saturated carbocycles. The van der Waals surface area contributed by atoms with Crippen LogP contribution in [-0.4, -0.2) is 21.1 Å². The molecule has 0 spiro atoms. The highest BCUT2D eigenvalue weighted by Gasteiger charge is 2.16. The molecule has 1 N–H and O–H groups in total. The third-order valence-electron chi connectivity index (χ3n) is 3.05. The Kier molecular flexibility index (Phi) is 5.60. The van der Waals surface area contributed by atoms with Crippen LogP contribution in [0.5, 0.6) is 0 Å². The van der Waals surface area contributed by atoms with Crippen LogP contribution in [0.1, 0.15) is 44.0 Å². The molecule has 2 aromatic rings. The largest absolute Gasteiger partial charge is 0.467 e. The number of nitrogens with one attached hydrogen (secondary N) is 1. The molecular weight excluding hydrogens is 298 g/mol. The lowest BCUT2D eigenvalue weighted by Gasteiger charge is -2.12. The molecule has 1 atom stereocenters. The Hall–Kier alpha value is -1.82. The lowest BCUT2D eigenvalue weighted by molar-refractivity contribution is -0.120.